The molecule has 1 saturated carbocycles. The first-order valence-electron chi connectivity index (χ1n) is 5.70. The van der Waals surface area contributed by atoms with Gasteiger partial charge in [-0.1, -0.05) is 0 Å². The highest BCUT2D eigenvalue weighted by molar-refractivity contribution is 5.78. The summed E-state index contributed by atoms with van der Waals surface area (Å²) in [4.78, 5) is 11.3. The Kier molecular flexibility index (Phi) is 3.86. The van der Waals surface area contributed by atoms with Crippen LogP contribution in [-0.4, -0.2) is 18.5 Å². The molecule has 0 atom stereocenters. The van der Waals surface area contributed by atoms with Crippen LogP contribution in [0.25, 0.3) is 0 Å². The largest absolute Gasteiger partial charge is 0.352 e. The number of carbonyl (C=O) groups excluding carboxylic acids is 1. The van der Waals surface area contributed by atoms with Crippen LogP contribution in [-0.2, 0) is 11.3 Å². The van der Waals surface area contributed by atoms with Crippen molar-refractivity contribution in [3.8, 4) is 0 Å². The molecule has 0 saturated heterocycles. The first kappa shape index (κ1) is 12.9. The van der Waals surface area contributed by atoms with Crippen molar-refractivity contribution >= 4 is 5.91 Å². The molecular weight excluding hydrogens is 245 g/mol. The summed E-state index contributed by atoms with van der Waals surface area (Å²) in [5.41, 5.74) is -0.00637. The fourth-order valence-corrected chi connectivity index (χ4v) is 1.52. The number of amides is 1. The smallest absolute Gasteiger partial charge is 0.234 e. The summed E-state index contributed by atoms with van der Waals surface area (Å²) in [5.74, 6) is -3.33. The third kappa shape index (κ3) is 3.46. The summed E-state index contributed by atoms with van der Waals surface area (Å²) >= 11 is 0. The van der Waals surface area contributed by atoms with Crippen LogP contribution in [0.4, 0.5) is 13.2 Å². The highest BCUT2D eigenvalue weighted by atomic mass is 19.2. The highest BCUT2D eigenvalue weighted by Crippen LogP contribution is 2.18. The van der Waals surface area contributed by atoms with Crippen LogP contribution in [0.15, 0.2) is 12.1 Å². The molecule has 3 nitrogen and oxygen atoms in total. The van der Waals surface area contributed by atoms with E-state index in [4.69, 9.17) is 0 Å². The van der Waals surface area contributed by atoms with Gasteiger partial charge in [-0.15, -0.1) is 0 Å². The van der Waals surface area contributed by atoms with Crippen molar-refractivity contribution in [2.45, 2.75) is 25.4 Å². The van der Waals surface area contributed by atoms with E-state index in [0.29, 0.717) is 6.07 Å². The third-order valence-corrected chi connectivity index (χ3v) is 2.63. The molecule has 1 fully saturated rings. The number of nitrogens with one attached hydrogen (secondary N) is 2. The lowest BCUT2D eigenvalue weighted by atomic mass is 10.2. The second-order valence-corrected chi connectivity index (χ2v) is 4.30. The van der Waals surface area contributed by atoms with Gasteiger partial charge in [-0.3, -0.25) is 4.79 Å². The Morgan fingerprint density at radius 1 is 1.17 bits per heavy atom. The molecule has 2 N–H and O–H groups in total. The molecule has 6 heteroatoms. The van der Waals surface area contributed by atoms with Gasteiger partial charge in [0.25, 0.3) is 0 Å². The summed E-state index contributed by atoms with van der Waals surface area (Å²) in [6, 6.07) is 1.55. The molecule has 0 aromatic heterocycles. The maximum Gasteiger partial charge on any atom is 0.234 e. The summed E-state index contributed by atoms with van der Waals surface area (Å²) < 4.78 is 38.8. The fourth-order valence-electron chi connectivity index (χ4n) is 1.52. The number of hydrogen-bond acceptors (Lipinski definition) is 2. The highest BCUT2D eigenvalue weighted by Gasteiger charge is 2.22. The fraction of sp³-hybridized carbons (Fsp3) is 0.417. The normalized spacial score (nSPS) is 14.6. The minimum Gasteiger partial charge on any atom is -0.352 e. The Bertz CT molecular complexity index is 461. The minimum absolute atomic E-state index is 0.00637. The van der Waals surface area contributed by atoms with Crippen molar-refractivity contribution in [3.05, 3.63) is 35.1 Å². The summed E-state index contributed by atoms with van der Waals surface area (Å²) in [6.45, 7) is -0.00391. The van der Waals surface area contributed by atoms with Gasteiger partial charge in [0.15, 0.2) is 11.6 Å². The first-order chi connectivity index (χ1) is 8.56. The van der Waals surface area contributed by atoms with Crippen molar-refractivity contribution < 1.29 is 18.0 Å². The van der Waals surface area contributed by atoms with Crippen LogP contribution in [0.3, 0.4) is 0 Å². The average molecular weight is 258 g/mol. The Hall–Kier alpha value is -1.56. The van der Waals surface area contributed by atoms with E-state index in [2.05, 4.69) is 10.6 Å². The summed E-state index contributed by atoms with van der Waals surface area (Å²) in [6.07, 6.45) is 1.98. The Labute approximate surface area is 102 Å². The molecule has 0 bridgehead atoms. The lowest BCUT2D eigenvalue weighted by Crippen LogP contribution is -2.34. The SMILES string of the molecule is O=C(CNCc1cc(F)c(F)cc1F)NC1CC1. The molecule has 1 aromatic carbocycles. The number of halogens is 3. The average Bonchev–Trinajstić information content (AvgIpc) is 3.09. The van der Waals surface area contributed by atoms with Gasteiger partial charge in [0.05, 0.1) is 6.54 Å². The van der Waals surface area contributed by atoms with Crippen LogP contribution in [0, 0.1) is 17.5 Å². The van der Waals surface area contributed by atoms with Crippen molar-refractivity contribution in [2.75, 3.05) is 6.54 Å². The van der Waals surface area contributed by atoms with E-state index in [9.17, 15) is 18.0 Å². The van der Waals surface area contributed by atoms with Gasteiger partial charge in [-0.05, 0) is 18.9 Å². The van der Waals surface area contributed by atoms with Gasteiger partial charge < -0.3 is 10.6 Å². The van der Waals surface area contributed by atoms with Gasteiger partial charge in [0.1, 0.15) is 5.82 Å². The van der Waals surface area contributed by atoms with Crippen molar-refractivity contribution in [1.82, 2.24) is 10.6 Å². The molecule has 0 aliphatic heterocycles. The van der Waals surface area contributed by atoms with Crippen LogP contribution in [0.1, 0.15) is 18.4 Å². The standard InChI is InChI=1S/C12H13F3N2O/c13-9-4-11(15)10(14)3-7(9)5-16-6-12(18)17-8-1-2-8/h3-4,8,16H,1-2,5-6H2,(H,17,18). The lowest BCUT2D eigenvalue weighted by Gasteiger charge is -2.07. The molecule has 0 heterocycles. The molecule has 1 aliphatic carbocycles. The molecule has 1 amide bonds. The summed E-state index contributed by atoms with van der Waals surface area (Å²) in [7, 11) is 0. The molecule has 0 radical (unpaired) electrons. The van der Waals surface area contributed by atoms with E-state index in [-0.39, 0.29) is 30.6 Å². The Morgan fingerprint density at radius 3 is 2.50 bits per heavy atom. The maximum absolute atomic E-state index is 13.2. The second kappa shape index (κ2) is 5.39. The Morgan fingerprint density at radius 2 is 1.83 bits per heavy atom. The molecule has 0 unspecified atom stereocenters. The van der Waals surface area contributed by atoms with Crippen molar-refractivity contribution in [1.29, 1.82) is 0 Å². The van der Waals surface area contributed by atoms with E-state index in [1.54, 1.807) is 0 Å². The maximum atomic E-state index is 13.2. The predicted molar refractivity (Wildman–Crippen MR) is 59.2 cm³/mol. The summed E-state index contributed by atoms with van der Waals surface area (Å²) in [5, 5.41) is 5.43. The lowest BCUT2D eigenvalue weighted by molar-refractivity contribution is -0.120. The molecule has 2 rings (SSSR count). The zero-order valence-electron chi connectivity index (χ0n) is 9.60. The van der Waals surface area contributed by atoms with E-state index < -0.39 is 17.5 Å². The molecule has 1 aromatic rings. The van der Waals surface area contributed by atoms with E-state index >= 15 is 0 Å². The van der Waals surface area contributed by atoms with E-state index in [0.717, 1.165) is 18.9 Å². The first-order valence-corrected chi connectivity index (χ1v) is 5.70. The zero-order chi connectivity index (χ0) is 13.1. The van der Waals surface area contributed by atoms with Crippen molar-refractivity contribution in [2.24, 2.45) is 0 Å². The topological polar surface area (TPSA) is 41.1 Å². The Balaban J connectivity index is 1.82. The van der Waals surface area contributed by atoms with Gasteiger partial charge in [-0.2, -0.15) is 0 Å². The monoisotopic (exact) mass is 258 g/mol. The van der Waals surface area contributed by atoms with Crippen LogP contribution < -0.4 is 10.6 Å². The molecule has 0 spiro atoms. The van der Waals surface area contributed by atoms with Gasteiger partial charge in [0.2, 0.25) is 5.91 Å². The van der Waals surface area contributed by atoms with Crippen LogP contribution >= 0.6 is 0 Å². The molecule has 98 valence electrons. The van der Waals surface area contributed by atoms with Crippen molar-refractivity contribution in [3.63, 3.8) is 0 Å². The predicted octanol–water partition coefficient (Wildman–Crippen LogP) is 1.47. The second-order valence-electron chi connectivity index (χ2n) is 4.30. The van der Waals surface area contributed by atoms with Crippen LogP contribution in [0.5, 0.6) is 0 Å². The van der Waals surface area contributed by atoms with Gasteiger partial charge in [-0.25, -0.2) is 13.2 Å². The molecular formula is C12H13F3N2O. The quantitative estimate of drug-likeness (QED) is 0.785. The number of carbonyl (C=O) groups is 1. The number of benzene rings is 1. The van der Waals surface area contributed by atoms with Gasteiger partial charge in [0, 0.05) is 24.2 Å². The number of hydrogen-bond donors (Lipinski definition) is 2. The van der Waals surface area contributed by atoms with Crippen LogP contribution in [0.2, 0.25) is 0 Å². The number of rotatable bonds is 5. The third-order valence-electron chi connectivity index (χ3n) is 2.63. The van der Waals surface area contributed by atoms with E-state index in [1.807, 2.05) is 0 Å². The van der Waals surface area contributed by atoms with Gasteiger partial charge >= 0.3 is 0 Å². The zero-order valence-corrected chi connectivity index (χ0v) is 9.60. The molecule has 1 aliphatic rings. The van der Waals surface area contributed by atoms with E-state index in [1.165, 1.54) is 0 Å². The molecule has 18 heavy (non-hydrogen) atoms. The minimum atomic E-state index is -1.22.